The van der Waals surface area contributed by atoms with E-state index in [0.717, 1.165) is 58.4 Å². The molecule has 5 heteroatoms. The van der Waals surface area contributed by atoms with Gasteiger partial charge >= 0.3 is 0 Å². The largest absolute Gasteiger partial charge is 0.376 e. The van der Waals surface area contributed by atoms with Crippen LogP contribution in [0.1, 0.15) is 104 Å². The quantitative estimate of drug-likeness (QED) is 0.202. The van der Waals surface area contributed by atoms with Crippen LogP contribution < -0.4 is 5.53 Å². The maximum absolute atomic E-state index is 6.30. The second kappa shape index (κ2) is 17.3. The maximum atomic E-state index is 6.30. The van der Waals surface area contributed by atoms with Gasteiger partial charge in [0.2, 0.25) is 0 Å². The number of ether oxygens (including phenoxy) is 1. The van der Waals surface area contributed by atoms with Crippen LogP contribution in [-0.2, 0) is 9.57 Å². The molecule has 3 atom stereocenters. The van der Waals surface area contributed by atoms with Gasteiger partial charge in [-0.2, -0.15) is 10.6 Å². The van der Waals surface area contributed by atoms with Gasteiger partial charge in [-0.1, -0.05) is 65.7 Å². The lowest BCUT2D eigenvalue weighted by atomic mass is 9.84. The zero-order valence-corrected chi connectivity index (χ0v) is 19.0. The molecule has 0 aromatic carbocycles. The summed E-state index contributed by atoms with van der Waals surface area (Å²) in [6, 6.07) is 0.160. The fourth-order valence-corrected chi connectivity index (χ4v) is 3.96. The molecule has 1 saturated carbocycles. The van der Waals surface area contributed by atoms with Gasteiger partial charge in [0.05, 0.1) is 12.7 Å². The second-order valence-electron chi connectivity index (χ2n) is 8.50. The van der Waals surface area contributed by atoms with Gasteiger partial charge in [-0.05, 0) is 49.6 Å². The van der Waals surface area contributed by atoms with E-state index in [0.29, 0.717) is 5.92 Å². The Balaban J connectivity index is 2.40. The molecule has 0 aromatic rings. The van der Waals surface area contributed by atoms with Crippen molar-refractivity contribution >= 4 is 0 Å². The topological polar surface area (TPSA) is 59.7 Å². The summed E-state index contributed by atoms with van der Waals surface area (Å²) in [7, 11) is 0. The van der Waals surface area contributed by atoms with Crippen molar-refractivity contribution in [3.8, 4) is 0 Å². The van der Waals surface area contributed by atoms with Crippen molar-refractivity contribution in [1.82, 2.24) is 5.06 Å². The number of nitrogens with zero attached hydrogens (tertiary/aromatic N) is 2. The second-order valence-corrected chi connectivity index (χ2v) is 8.50. The van der Waals surface area contributed by atoms with E-state index in [1.807, 2.05) is 0 Å². The Labute approximate surface area is 174 Å². The van der Waals surface area contributed by atoms with Crippen LogP contribution in [0.3, 0.4) is 0 Å². The average molecular weight is 399 g/mol. The first-order valence-electron chi connectivity index (χ1n) is 12.1. The molecule has 0 saturated heterocycles. The highest BCUT2D eigenvalue weighted by molar-refractivity contribution is 4.84. The van der Waals surface area contributed by atoms with E-state index in [4.69, 9.17) is 15.1 Å². The van der Waals surface area contributed by atoms with E-state index in [-0.39, 0.29) is 12.1 Å². The Morgan fingerprint density at radius 2 is 1.50 bits per heavy atom. The fraction of sp³-hybridized carbons (Fsp3) is 1.00. The minimum atomic E-state index is 0.160. The van der Waals surface area contributed by atoms with E-state index in [1.54, 1.807) is 0 Å². The van der Waals surface area contributed by atoms with E-state index in [1.165, 1.54) is 51.4 Å². The third-order valence-electron chi connectivity index (χ3n) is 5.90. The molecule has 1 fully saturated rings. The minimum absolute atomic E-state index is 0.160. The summed E-state index contributed by atoms with van der Waals surface area (Å²) in [5.74, 6) is 0.554. The highest BCUT2D eigenvalue weighted by Gasteiger charge is 2.33. The van der Waals surface area contributed by atoms with E-state index < -0.39 is 0 Å². The van der Waals surface area contributed by atoms with Gasteiger partial charge in [-0.25, -0.2) is 0 Å². The first-order valence-corrected chi connectivity index (χ1v) is 12.1. The van der Waals surface area contributed by atoms with Crippen LogP contribution in [0, 0.1) is 5.92 Å². The highest BCUT2D eigenvalue weighted by atomic mass is 16.7. The van der Waals surface area contributed by atoms with Crippen molar-refractivity contribution in [2.24, 2.45) is 11.0 Å². The lowest BCUT2D eigenvalue weighted by Gasteiger charge is -2.33. The first-order chi connectivity index (χ1) is 13.7. The van der Waals surface area contributed by atoms with Crippen molar-refractivity contribution in [2.45, 2.75) is 116 Å². The first kappa shape index (κ1) is 25.5. The van der Waals surface area contributed by atoms with Crippen molar-refractivity contribution in [3.05, 3.63) is 0 Å². The third kappa shape index (κ3) is 11.5. The number of hydrogen-bond donors (Lipinski definition) is 1. The number of hydrogen-bond acceptors (Lipinski definition) is 4. The molecule has 0 heterocycles. The molecule has 166 valence electrons. The van der Waals surface area contributed by atoms with Crippen molar-refractivity contribution in [3.63, 3.8) is 0 Å². The summed E-state index contributed by atoms with van der Waals surface area (Å²) < 4.78 is 6.10. The summed E-state index contributed by atoms with van der Waals surface area (Å²) in [5.41, 5.74) is 5.63. The SMILES string of the molecule is CCCCCCN(CCCCCC)OCC1CCC(N=[NH2+])C(OCCCC)C1. The van der Waals surface area contributed by atoms with Crippen LogP contribution in [0.2, 0.25) is 0 Å². The molecule has 1 rings (SSSR count). The normalized spacial score (nSPS) is 22.6. The molecular weight excluding hydrogens is 350 g/mol. The highest BCUT2D eigenvalue weighted by Crippen LogP contribution is 2.29. The summed E-state index contributed by atoms with van der Waals surface area (Å²) in [5, 5.41) is 6.32. The molecule has 0 bridgehead atoms. The van der Waals surface area contributed by atoms with Crippen LogP contribution >= 0.6 is 0 Å². The Bertz CT molecular complexity index is 356. The van der Waals surface area contributed by atoms with E-state index in [2.05, 4.69) is 30.9 Å². The molecule has 0 spiro atoms. The number of hydroxylamine groups is 2. The summed E-state index contributed by atoms with van der Waals surface area (Å²) in [6.45, 7) is 10.5. The lowest BCUT2D eigenvalue weighted by Crippen LogP contribution is -2.42. The van der Waals surface area contributed by atoms with Crippen molar-refractivity contribution in [2.75, 3.05) is 26.3 Å². The lowest BCUT2D eigenvalue weighted by molar-refractivity contribution is -0.239. The fourth-order valence-electron chi connectivity index (χ4n) is 3.96. The predicted molar refractivity (Wildman–Crippen MR) is 116 cm³/mol. The van der Waals surface area contributed by atoms with Crippen molar-refractivity contribution < 1.29 is 15.1 Å². The molecule has 0 aliphatic heterocycles. The molecule has 2 N–H and O–H groups in total. The molecule has 1 aliphatic rings. The molecule has 28 heavy (non-hydrogen) atoms. The maximum Gasteiger partial charge on any atom is 0.138 e. The Hall–Kier alpha value is -0.520. The van der Waals surface area contributed by atoms with Crippen LogP contribution in [0.15, 0.2) is 5.11 Å². The molecule has 5 nitrogen and oxygen atoms in total. The summed E-state index contributed by atoms with van der Waals surface area (Å²) in [6.07, 6.45) is 15.9. The van der Waals surface area contributed by atoms with Gasteiger partial charge in [0.1, 0.15) is 6.04 Å². The third-order valence-corrected chi connectivity index (χ3v) is 5.90. The number of unbranched alkanes of at least 4 members (excludes halogenated alkanes) is 7. The summed E-state index contributed by atoms with van der Waals surface area (Å²) in [4.78, 5) is 6.30. The molecule has 0 aromatic heterocycles. The van der Waals surface area contributed by atoms with E-state index >= 15 is 0 Å². The predicted octanol–water partition coefficient (Wildman–Crippen LogP) is 4.95. The van der Waals surface area contributed by atoms with Crippen LogP contribution in [-0.4, -0.2) is 43.5 Å². The Kier molecular flexibility index (Phi) is 15.8. The summed E-state index contributed by atoms with van der Waals surface area (Å²) >= 11 is 0. The average Bonchev–Trinajstić information content (AvgIpc) is 2.72. The van der Waals surface area contributed by atoms with E-state index in [9.17, 15) is 0 Å². The van der Waals surface area contributed by atoms with Crippen LogP contribution in [0.25, 0.3) is 0 Å². The van der Waals surface area contributed by atoms with Crippen molar-refractivity contribution in [1.29, 1.82) is 0 Å². The standard InChI is InChI=1S/C23H47N3O2/c1-4-7-10-12-16-26(17-13-11-8-5-2)28-20-21-14-15-22(25-24)23(19-21)27-18-9-6-3/h21-24H,4-20H2,1-3H3/p+1. The van der Waals surface area contributed by atoms with Gasteiger partial charge < -0.3 is 4.74 Å². The van der Waals surface area contributed by atoms with Gasteiger partial charge in [0.25, 0.3) is 0 Å². The minimum Gasteiger partial charge on any atom is -0.376 e. The molecular formula is C23H48N3O2+. The van der Waals surface area contributed by atoms with Crippen LogP contribution in [0.5, 0.6) is 0 Å². The molecule has 3 unspecified atom stereocenters. The van der Waals surface area contributed by atoms with Gasteiger partial charge in [0, 0.05) is 19.7 Å². The monoisotopic (exact) mass is 398 g/mol. The Morgan fingerprint density at radius 3 is 2.07 bits per heavy atom. The molecule has 1 aliphatic carbocycles. The smallest absolute Gasteiger partial charge is 0.138 e. The van der Waals surface area contributed by atoms with Gasteiger partial charge in [0.15, 0.2) is 0 Å². The molecule has 0 amide bonds. The van der Waals surface area contributed by atoms with Gasteiger partial charge in [-0.15, -0.1) is 0 Å². The van der Waals surface area contributed by atoms with Crippen LogP contribution in [0.4, 0.5) is 0 Å². The zero-order chi connectivity index (χ0) is 20.5. The molecule has 0 radical (unpaired) electrons. The Morgan fingerprint density at radius 1 is 0.857 bits per heavy atom. The number of nitrogens with two attached hydrogens (primary N) is 1. The van der Waals surface area contributed by atoms with Gasteiger partial charge in [-0.3, -0.25) is 4.84 Å². The number of rotatable bonds is 18. The zero-order valence-electron chi connectivity index (χ0n) is 19.0.